The molecule has 4 nitrogen and oxygen atoms in total. The molecule has 0 aromatic carbocycles. The van der Waals surface area contributed by atoms with Crippen LogP contribution in [0.2, 0.25) is 0 Å². The van der Waals surface area contributed by atoms with Crippen molar-refractivity contribution in [1.29, 1.82) is 0 Å². The van der Waals surface area contributed by atoms with Gasteiger partial charge in [0.1, 0.15) is 18.3 Å². The van der Waals surface area contributed by atoms with Crippen LogP contribution < -0.4 is 5.32 Å². The summed E-state index contributed by atoms with van der Waals surface area (Å²) in [5, 5.41) is 31.8. The van der Waals surface area contributed by atoms with E-state index in [1.165, 1.54) is 15.8 Å². The summed E-state index contributed by atoms with van der Waals surface area (Å²) < 4.78 is 0. The SMILES string of the molecule is Cc1ccc(CN[C@@H]2C=C[C@@H](O)[C@H](O)[C@H]2O)s1. The normalized spacial score (nSPS) is 32.9. The lowest BCUT2D eigenvalue weighted by Gasteiger charge is -2.31. The fourth-order valence-electron chi connectivity index (χ4n) is 1.86. The van der Waals surface area contributed by atoms with E-state index >= 15 is 0 Å². The zero-order valence-electron chi connectivity index (χ0n) is 9.58. The van der Waals surface area contributed by atoms with Crippen LogP contribution in [0.4, 0.5) is 0 Å². The van der Waals surface area contributed by atoms with E-state index in [2.05, 4.69) is 5.32 Å². The molecule has 0 fully saturated rings. The monoisotopic (exact) mass is 255 g/mol. The van der Waals surface area contributed by atoms with Gasteiger partial charge in [0.25, 0.3) is 0 Å². The molecule has 4 atom stereocenters. The first-order valence-corrected chi connectivity index (χ1v) is 6.41. The molecule has 1 aromatic heterocycles. The first kappa shape index (κ1) is 12.7. The third-order valence-electron chi connectivity index (χ3n) is 2.89. The van der Waals surface area contributed by atoms with Crippen molar-refractivity contribution in [1.82, 2.24) is 5.32 Å². The van der Waals surface area contributed by atoms with E-state index in [0.717, 1.165) is 0 Å². The highest BCUT2D eigenvalue weighted by Crippen LogP contribution is 2.17. The van der Waals surface area contributed by atoms with Gasteiger partial charge in [-0.2, -0.15) is 0 Å². The Bertz CT molecular complexity index is 404. The minimum Gasteiger partial charge on any atom is -0.388 e. The van der Waals surface area contributed by atoms with Crippen molar-refractivity contribution in [3.63, 3.8) is 0 Å². The van der Waals surface area contributed by atoms with E-state index in [4.69, 9.17) is 0 Å². The molecule has 0 saturated heterocycles. The fraction of sp³-hybridized carbons (Fsp3) is 0.500. The molecule has 0 spiro atoms. The van der Waals surface area contributed by atoms with Gasteiger partial charge in [-0.3, -0.25) is 0 Å². The van der Waals surface area contributed by atoms with Crippen LogP contribution in [-0.2, 0) is 6.54 Å². The van der Waals surface area contributed by atoms with Gasteiger partial charge in [-0.25, -0.2) is 0 Å². The van der Waals surface area contributed by atoms with Crippen molar-refractivity contribution < 1.29 is 15.3 Å². The Hall–Kier alpha value is -0.720. The second-order valence-corrected chi connectivity index (χ2v) is 5.65. The van der Waals surface area contributed by atoms with Crippen molar-refractivity contribution >= 4 is 11.3 Å². The molecule has 1 heterocycles. The van der Waals surface area contributed by atoms with Crippen LogP contribution >= 0.6 is 11.3 Å². The summed E-state index contributed by atoms with van der Waals surface area (Å²) in [6, 6.07) is 3.76. The maximum absolute atomic E-state index is 9.77. The molecular formula is C12H17NO3S. The summed E-state index contributed by atoms with van der Waals surface area (Å²) in [5.41, 5.74) is 0. The number of thiophene rings is 1. The Kier molecular flexibility index (Phi) is 3.96. The molecule has 1 aliphatic carbocycles. The van der Waals surface area contributed by atoms with Crippen LogP contribution in [0.5, 0.6) is 0 Å². The van der Waals surface area contributed by atoms with Gasteiger partial charge < -0.3 is 20.6 Å². The number of rotatable bonds is 3. The first-order chi connectivity index (χ1) is 8.08. The Morgan fingerprint density at radius 2 is 1.94 bits per heavy atom. The molecule has 2 rings (SSSR count). The third kappa shape index (κ3) is 2.94. The summed E-state index contributed by atoms with van der Waals surface area (Å²) >= 11 is 1.70. The van der Waals surface area contributed by atoms with Gasteiger partial charge in [-0.05, 0) is 19.1 Å². The molecule has 4 N–H and O–H groups in total. The van der Waals surface area contributed by atoms with Gasteiger partial charge in [0, 0.05) is 16.3 Å². The van der Waals surface area contributed by atoms with Gasteiger partial charge in [0.15, 0.2) is 0 Å². The van der Waals surface area contributed by atoms with Gasteiger partial charge in [0.2, 0.25) is 0 Å². The van der Waals surface area contributed by atoms with Crippen molar-refractivity contribution in [3.05, 3.63) is 34.0 Å². The summed E-state index contributed by atoms with van der Waals surface area (Å²) in [7, 11) is 0. The van der Waals surface area contributed by atoms with Gasteiger partial charge >= 0.3 is 0 Å². The summed E-state index contributed by atoms with van der Waals surface area (Å²) in [5.74, 6) is 0. The van der Waals surface area contributed by atoms with Crippen LogP contribution in [0.25, 0.3) is 0 Å². The topological polar surface area (TPSA) is 72.7 Å². The average molecular weight is 255 g/mol. The molecule has 0 saturated carbocycles. The molecule has 17 heavy (non-hydrogen) atoms. The molecule has 0 aliphatic heterocycles. The van der Waals surface area contributed by atoms with Crippen molar-refractivity contribution in [2.75, 3.05) is 0 Å². The minimum absolute atomic E-state index is 0.323. The van der Waals surface area contributed by atoms with E-state index in [1.807, 2.05) is 19.1 Å². The van der Waals surface area contributed by atoms with Crippen molar-refractivity contribution in [2.24, 2.45) is 0 Å². The zero-order valence-corrected chi connectivity index (χ0v) is 10.4. The maximum atomic E-state index is 9.77. The van der Waals surface area contributed by atoms with Gasteiger partial charge in [0.05, 0.1) is 6.04 Å². The van der Waals surface area contributed by atoms with Crippen molar-refractivity contribution in [3.8, 4) is 0 Å². The van der Waals surface area contributed by atoms with Gasteiger partial charge in [-0.1, -0.05) is 12.2 Å². The van der Waals surface area contributed by atoms with E-state index in [0.29, 0.717) is 6.54 Å². The molecule has 0 unspecified atom stereocenters. The Balaban J connectivity index is 1.93. The van der Waals surface area contributed by atoms with Crippen LogP contribution in [-0.4, -0.2) is 39.7 Å². The number of aliphatic hydroxyl groups excluding tert-OH is 3. The first-order valence-electron chi connectivity index (χ1n) is 5.59. The van der Waals surface area contributed by atoms with Crippen LogP contribution in [0.15, 0.2) is 24.3 Å². The lowest BCUT2D eigenvalue weighted by Crippen LogP contribution is -2.51. The maximum Gasteiger partial charge on any atom is 0.111 e. The standard InChI is InChI=1S/C12H17NO3S/c1-7-2-3-8(17-7)6-13-9-4-5-10(14)12(16)11(9)15/h2-5,9-16H,6H2,1H3/t9-,10-,11+,12+/m1/s1. The quantitative estimate of drug-likeness (QED) is 0.581. The van der Waals surface area contributed by atoms with E-state index in [1.54, 1.807) is 17.4 Å². The highest BCUT2D eigenvalue weighted by atomic mass is 32.1. The second kappa shape index (κ2) is 5.29. The molecule has 0 bridgehead atoms. The molecule has 5 heteroatoms. The molecule has 1 aromatic rings. The Labute approximate surface area is 104 Å². The lowest BCUT2D eigenvalue weighted by molar-refractivity contribution is -0.0566. The number of hydrogen-bond acceptors (Lipinski definition) is 5. The van der Waals surface area contributed by atoms with Crippen LogP contribution in [0.3, 0.4) is 0 Å². The summed E-state index contributed by atoms with van der Waals surface area (Å²) in [6.07, 6.45) is 0.128. The third-order valence-corrected chi connectivity index (χ3v) is 3.89. The number of aryl methyl sites for hydroxylation is 1. The largest absolute Gasteiger partial charge is 0.388 e. The molecule has 0 radical (unpaired) electrons. The van der Waals surface area contributed by atoms with E-state index in [9.17, 15) is 15.3 Å². The van der Waals surface area contributed by atoms with E-state index < -0.39 is 18.3 Å². The molecular weight excluding hydrogens is 238 g/mol. The Morgan fingerprint density at radius 3 is 2.59 bits per heavy atom. The molecule has 94 valence electrons. The minimum atomic E-state index is -1.12. The predicted octanol–water partition coefficient (Wildman–Crippen LogP) is 0.167. The summed E-state index contributed by atoms with van der Waals surface area (Å²) in [4.78, 5) is 2.43. The summed E-state index contributed by atoms with van der Waals surface area (Å²) in [6.45, 7) is 2.69. The number of aliphatic hydroxyl groups is 3. The lowest BCUT2D eigenvalue weighted by atomic mass is 9.94. The second-order valence-electron chi connectivity index (χ2n) is 4.28. The van der Waals surface area contributed by atoms with Crippen LogP contribution in [0.1, 0.15) is 9.75 Å². The molecule has 1 aliphatic rings. The van der Waals surface area contributed by atoms with Crippen LogP contribution in [0, 0.1) is 6.92 Å². The van der Waals surface area contributed by atoms with Gasteiger partial charge in [-0.15, -0.1) is 11.3 Å². The predicted molar refractivity (Wildman–Crippen MR) is 66.8 cm³/mol. The average Bonchev–Trinajstić information content (AvgIpc) is 2.71. The fourth-order valence-corrected chi connectivity index (χ4v) is 2.70. The highest BCUT2D eigenvalue weighted by Gasteiger charge is 2.32. The Morgan fingerprint density at radius 1 is 1.18 bits per heavy atom. The molecule has 0 amide bonds. The number of nitrogens with one attached hydrogen (secondary N) is 1. The smallest absolute Gasteiger partial charge is 0.111 e. The van der Waals surface area contributed by atoms with E-state index in [-0.39, 0.29) is 6.04 Å². The number of hydrogen-bond donors (Lipinski definition) is 4. The van der Waals surface area contributed by atoms with Crippen molar-refractivity contribution in [2.45, 2.75) is 37.8 Å². The highest BCUT2D eigenvalue weighted by molar-refractivity contribution is 7.11. The zero-order chi connectivity index (χ0) is 12.4.